The van der Waals surface area contributed by atoms with Gasteiger partial charge < -0.3 is 15.3 Å². The number of quaternary nitrogens is 1. The molecular weight excluding hydrogens is 513 g/mol. The number of aromatic nitrogens is 1. The van der Waals surface area contributed by atoms with Gasteiger partial charge in [-0.1, -0.05) is 11.6 Å². The summed E-state index contributed by atoms with van der Waals surface area (Å²) in [6.07, 6.45) is -3.42. The van der Waals surface area contributed by atoms with Crippen LogP contribution in [0.3, 0.4) is 0 Å². The maximum atomic E-state index is 13.9. The quantitative estimate of drug-likeness (QED) is 0.304. The molecule has 1 N–H and O–H groups in total. The number of hydrogen-bond donors (Lipinski definition) is 1. The number of hydrogen-bond acceptors (Lipinski definition) is 5. The first-order chi connectivity index (χ1) is 17.3. The zero-order valence-corrected chi connectivity index (χ0v) is 20.5. The van der Waals surface area contributed by atoms with E-state index in [2.05, 4.69) is 15.0 Å². The zero-order chi connectivity index (χ0) is 27.0. The van der Waals surface area contributed by atoms with Gasteiger partial charge in [-0.2, -0.15) is 0 Å². The van der Waals surface area contributed by atoms with Crippen LogP contribution in [0.15, 0.2) is 66.9 Å². The third kappa shape index (κ3) is 5.68. The van der Waals surface area contributed by atoms with Gasteiger partial charge in [0, 0.05) is 28.0 Å². The number of carbonyl (C=O) groups excluding carboxylic acids is 2. The van der Waals surface area contributed by atoms with Crippen molar-refractivity contribution in [1.82, 2.24) is 4.98 Å². The third-order valence-electron chi connectivity index (χ3n) is 6.02. The highest BCUT2D eigenvalue weighted by Gasteiger charge is 2.54. The number of anilines is 2. The number of pyridine rings is 1. The number of urea groups is 1. The Morgan fingerprint density at radius 2 is 1.81 bits per heavy atom. The Morgan fingerprint density at radius 1 is 1.16 bits per heavy atom. The minimum absolute atomic E-state index is 0.0417. The summed E-state index contributed by atoms with van der Waals surface area (Å²) in [5.74, 6) is -0.658. The summed E-state index contributed by atoms with van der Waals surface area (Å²) in [5, 5.41) is 17.1. The first-order valence-corrected chi connectivity index (χ1v) is 11.4. The van der Waals surface area contributed by atoms with Gasteiger partial charge in [0.15, 0.2) is 0 Å². The lowest BCUT2D eigenvalue weighted by atomic mass is 10.0. The summed E-state index contributed by atoms with van der Waals surface area (Å²) in [6, 6.07) is 13.3. The monoisotopic (exact) mass is 534 g/mol. The molecule has 3 amide bonds. The second-order valence-corrected chi connectivity index (χ2v) is 9.57. The third-order valence-corrected chi connectivity index (χ3v) is 6.27. The van der Waals surface area contributed by atoms with Gasteiger partial charge in [0.1, 0.15) is 23.7 Å². The average molecular weight is 535 g/mol. The minimum atomic E-state index is -4.84. The fourth-order valence-electron chi connectivity index (χ4n) is 4.02. The van der Waals surface area contributed by atoms with Crippen LogP contribution in [0.1, 0.15) is 29.8 Å². The normalized spacial score (nSPS) is 19.1. The van der Waals surface area contributed by atoms with E-state index in [1.807, 2.05) is 0 Å². The highest BCUT2D eigenvalue weighted by molar-refractivity contribution is 6.30. The lowest BCUT2D eigenvalue weighted by Crippen LogP contribution is -2.55. The van der Waals surface area contributed by atoms with Crippen molar-refractivity contribution >= 4 is 35.0 Å². The summed E-state index contributed by atoms with van der Waals surface area (Å²) >= 11 is 5.85. The lowest BCUT2D eigenvalue weighted by Gasteiger charge is -2.44. The van der Waals surface area contributed by atoms with Crippen molar-refractivity contribution in [3.05, 3.63) is 88.2 Å². The van der Waals surface area contributed by atoms with Gasteiger partial charge in [0.2, 0.25) is 0 Å². The molecular formula is C25H22ClF3N4O4. The van der Waals surface area contributed by atoms with Gasteiger partial charge in [-0.25, -0.2) is 9.78 Å². The van der Waals surface area contributed by atoms with E-state index >= 15 is 0 Å². The van der Waals surface area contributed by atoms with Gasteiger partial charge >= 0.3 is 12.4 Å². The first-order valence-electron chi connectivity index (χ1n) is 11.1. The molecule has 37 heavy (non-hydrogen) atoms. The van der Waals surface area contributed by atoms with Crippen molar-refractivity contribution in [1.29, 1.82) is 0 Å². The molecule has 1 saturated heterocycles. The molecule has 0 radical (unpaired) electrons. The van der Waals surface area contributed by atoms with Crippen LogP contribution >= 0.6 is 11.6 Å². The first kappa shape index (κ1) is 26.4. The second-order valence-electron chi connectivity index (χ2n) is 9.13. The average Bonchev–Trinajstić information content (AvgIpc) is 2.99. The number of nitrogens with one attached hydrogen (secondary N) is 1. The molecule has 0 spiro atoms. The molecule has 2 aromatic carbocycles. The Labute approximate surface area is 215 Å². The smallest absolute Gasteiger partial charge is 0.573 e. The van der Waals surface area contributed by atoms with Crippen LogP contribution in [0.5, 0.6) is 5.75 Å². The van der Waals surface area contributed by atoms with Gasteiger partial charge in [0.05, 0.1) is 6.54 Å². The maximum Gasteiger partial charge on any atom is 0.573 e. The van der Waals surface area contributed by atoms with Gasteiger partial charge in [-0.05, 0) is 74.5 Å². The summed E-state index contributed by atoms with van der Waals surface area (Å²) in [5.41, 5.74) is 0.0126. The molecule has 8 nitrogen and oxygen atoms in total. The number of amides is 3. The lowest BCUT2D eigenvalue weighted by molar-refractivity contribution is -0.853. The van der Waals surface area contributed by atoms with E-state index < -0.39 is 34.2 Å². The van der Waals surface area contributed by atoms with E-state index in [4.69, 9.17) is 11.6 Å². The fraction of sp³-hybridized carbons (Fsp3) is 0.240. The molecule has 0 saturated carbocycles. The van der Waals surface area contributed by atoms with E-state index in [0.717, 1.165) is 12.1 Å². The van der Waals surface area contributed by atoms with Gasteiger partial charge in [0.25, 0.3) is 5.91 Å². The highest BCUT2D eigenvalue weighted by atomic mass is 35.5. The molecule has 1 aromatic heterocycles. The molecule has 0 aliphatic carbocycles. The van der Waals surface area contributed by atoms with Crippen LogP contribution in [0, 0.1) is 5.21 Å². The van der Waals surface area contributed by atoms with Crippen LogP contribution in [0.4, 0.5) is 29.5 Å². The summed E-state index contributed by atoms with van der Waals surface area (Å²) < 4.78 is 40.0. The van der Waals surface area contributed by atoms with Crippen molar-refractivity contribution in [2.45, 2.75) is 32.3 Å². The van der Waals surface area contributed by atoms with E-state index in [1.54, 1.807) is 44.2 Å². The van der Waals surface area contributed by atoms with Crippen LogP contribution in [0.2, 0.25) is 5.02 Å². The molecule has 1 aliphatic heterocycles. The van der Waals surface area contributed by atoms with E-state index in [9.17, 15) is 28.0 Å². The molecule has 1 aliphatic rings. The Balaban J connectivity index is 1.52. The summed E-state index contributed by atoms with van der Waals surface area (Å²) in [4.78, 5) is 31.2. The van der Waals surface area contributed by atoms with Crippen molar-refractivity contribution in [2.24, 2.45) is 0 Å². The van der Waals surface area contributed by atoms with Gasteiger partial charge in [-0.3, -0.25) is 14.3 Å². The summed E-state index contributed by atoms with van der Waals surface area (Å²) in [6.45, 7) is 3.08. The number of benzene rings is 2. The molecule has 4 rings (SSSR count). The van der Waals surface area contributed by atoms with Crippen molar-refractivity contribution in [3.8, 4) is 5.75 Å². The maximum absolute atomic E-state index is 13.9. The fourth-order valence-corrected chi connectivity index (χ4v) is 4.15. The number of hydroxylamine groups is 3. The molecule has 0 bridgehead atoms. The Kier molecular flexibility index (Phi) is 6.89. The molecule has 12 heteroatoms. The van der Waals surface area contributed by atoms with Crippen molar-refractivity contribution in [2.75, 3.05) is 16.8 Å². The number of alkyl halides is 3. The largest absolute Gasteiger partial charge is 0.623 e. The number of halogens is 4. The highest BCUT2D eigenvalue weighted by Crippen LogP contribution is 2.39. The molecule has 1 unspecified atom stereocenters. The van der Waals surface area contributed by atoms with Gasteiger partial charge in [-0.15, -0.1) is 13.2 Å². The molecule has 2 heterocycles. The Bertz CT molecular complexity index is 1320. The predicted molar refractivity (Wildman–Crippen MR) is 131 cm³/mol. The number of nitrogens with zero attached hydrogens (tertiary/aromatic N) is 3. The van der Waals surface area contributed by atoms with E-state index in [1.165, 1.54) is 29.3 Å². The summed E-state index contributed by atoms with van der Waals surface area (Å²) in [7, 11) is 0. The van der Waals surface area contributed by atoms with Crippen LogP contribution in [-0.2, 0) is 6.54 Å². The van der Waals surface area contributed by atoms with Crippen LogP contribution in [-0.4, -0.2) is 40.0 Å². The molecule has 3 aromatic rings. The van der Waals surface area contributed by atoms with Crippen LogP contribution < -0.4 is 15.0 Å². The SMILES string of the molecule is CC1(C)CN(c2ccc(OC(F)(F)F)cc2)C(=O)[N+]1([O-])Cc1ccnc(NC(=O)c2ccc(Cl)cc2)c1. The topological polar surface area (TPSA) is 94.6 Å². The van der Waals surface area contributed by atoms with E-state index in [-0.39, 0.29) is 24.6 Å². The standard InChI is InChI=1S/C25H22ClF3N4O4/c1-24(2)15-32(19-7-9-20(10-8-19)37-25(27,28)29)23(35)33(24,36)14-16-11-12-30-21(13-16)31-22(34)17-3-5-18(26)6-4-17/h3-13H,14-15H2,1-2H3,(H,30,31,34). The molecule has 1 atom stereocenters. The van der Waals surface area contributed by atoms with Crippen LogP contribution in [0.25, 0.3) is 0 Å². The minimum Gasteiger partial charge on any atom is -0.623 e. The predicted octanol–water partition coefficient (Wildman–Crippen LogP) is 6.12. The van der Waals surface area contributed by atoms with E-state index in [0.29, 0.717) is 16.1 Å². The Hall–Kier alpha value is -3.67. The van der Waals surface area contributed by atoms with Crippen molar-refractivity contribution < 1.29 is 32.1 Å². The molecule has 194 valence electrons. The number of ether oxygens (including phenoxy) is 1. The second kappa shape index (κ2) is 9.66. The molecule has 1 fully saturated rings. The zero-order valence-electron chi connectivity index (χ0n) is 19.8. The number of carbonyl (C=O) groups is 2. The Morgan fingerprint density at radius 3 is 2.43 bits per heavy atom. The number of rotatable bonds is 6. The van der Waals surface area contributed by atoms with Crippen molar-refractivity contribution in [3.63, 3.8) is 0 Å².